The van der Waals surface area contributed by atoms with Gasteiger partial charge in [-0.05, 0) is 57.4 Å². The minimum absolute atomic E-state index is 0.0156. The fourth-order valence-corrected chi connectivity index (χ4v) is 6.21. The summed E-state index contributed by atoms with van der Waals surface area (Å²) in [5.74, 6) is -1.24. The second-order valence-corrected chi connectivity index (χ2v) is 11.0. The van der Waals surface area contributed by atoms with E-state index in [2.05, 4.69) is 16.0 Å². The van der Waals surface area contributed by atoms with Crippen molar-refractivity contribution in [3.05, 3.63) is 35.4 Å². The average Bonchev–Trinajstić information content (AvgIpc) is 3.65. The van der Waals surface area contributed by atoms with E-state index in [4.69, 9.17) is 4.74 Å². The van der Waals surface area contributed by atoms with Crippen molar-refractivity contribution in [1.29, 1.82) is 0 Å². The van der Waals surface area contributed by atoms with E-state index in [-0.39, 0.29) is 48.3 Å². The fraction of sp³-hybridized carbons (Fsp3) is 0.607. The number of nitrogens with one attached hydrogen (secondary N) is 3. The van der Waals surface area contributed by atoms with Gasteiger partial charge in [0, 0.05) is 24.6 Å². The number of hydrogen-bond acceptors (Lipinski definition) is 7. The minimum atomic E-state index is -0.648. The molecule has 4 heterocycles. The molecule has 39 heavy (non-hydrogen) atoms. The molecule has 210 valence electrons. The van der Waals surface area contributed by atoms with Crippen LogP contribution in [0.4, 0.5) is 0 Å². The van der Waals surface area contributed by atoms with Gasteiger partial charge in [-0.1, -0.05) is 25.0 Å². The number of carbonyl (C=O) groups is 5. The zero-order valence-electron chi connectivity index (χ0n) is 22.5. The van der Waals surface area contributed by atoms with E-state index in [1.54, 1.807) is 42.0 Å². The van der Waals surface area contributed by atoms with Gasteiger partial charge in [-0.15, -0.1) is 0 Å². The zero-order chi connectivity index (χ0) is 27.7. The van der Waals surface area contributed by atoms with E-state index in [1.165, 1.54) is 0 Å². The average molecular weight is 540 g/mol. The van der Waals surface area contributed by atoms with Gasteiger partial charge in [0.2, 0.25) is 17.7 Å². The van der Waals surface area contributed by atoms with Gasteiger partial charge in [0.15, 0.2) is 0 Å². The van der Waals surface area contributed by atoms with Gasteiger partial charge in [0.05, 0.1) is 12.6 Å². The number of esters is 1. The van der Waals surface area contributed by atoms with E-state index in [1.807, 2.05) is 6.07 Å². The summed E-state index contributed by atoms with van der Waals surface area (Å²) in [7, 11) is 1.69. The standard InChI is InChI=1S/C28H37N5O6/c1-16(29-2)24(34)31-21-9-4-3-8-19-10-11-22(33(19)27(21)37)25(35)30-14-17-6-5-7-18(12-17)26(36)32-15-20-13-23(32)28(38)39-20/h5-7,12,16,19-23,29H,3-4,8-11,13-15H2,1-2H3,(H,30,35)(H,31,34)/t16-,19-,20+,21-,22-,23-/m0/s1. The highest BCUT2D eigenvalue weighted by Gasteiger charge is 2.48. The Labute approximate surface area is 228 Å². The van der Waals surface area contributed by atoms with Gasteiger partial charge in [0.1, 0.15) is 24.2 Å². The van der Waals surface area contributed by atoms with Crippen LogP contribution < -0.4 is 16.0 Å². The molecule has 0 aromatic heterocycles. The van der Waals surface area contributed by atoms with Crippen molar-refractivity contribution in [2.75, 3.05) is 13.6 Å². The van der Waals surface area contributed by atoms with Gasteiger partial charge in [0.25, 0.3) is 5.91 Å². The molecule has 5 rings (SSSR count). The lowest BCUT2D eigenvalue weighted by atomic mass is 9.98. The fourth-order valence-electron chi connectivity index (χ4n) is 6.21. The molecule has 6 atom stereocenters. The quantitative estimate of drug-likeness (QED) is 0.429. The van der Waals surface area contributed by atoms with Gasteiger partial charge < -0.3 is 30.5 Å². The van der Waals surface area contributed by atoms with Crippen LogP contribution in [0.3, 0.4) is 0 Å². The number of rotatable bonds is 7. The molecule has 0 unspecified atom stereocenters. The van der Waals surface area contributed by atoms with Crippen LogP contribution in [0.2, 0.25) is 0 Å². The van der Waals surface area contributed by atoms with Crippen LogP contribution >= 0.6 is 0 Å². The highest BCUT2D eigenvalue weighted by atomic mass is 16.6. The van der Waals surface area contributed by atoms with Crippen LogP contribution in [0.25, 0.3) is 0 Å². The summed E-state index contributed by atoms with van der Waals surface area (Å²) in [5, 5.41) is 8.73. The van der Waals surface area contributed by atoms with Gasteiger partial charge in [-0.25, -0.2) is 4.79 Å². The van der Waals surface area contributed by atoms with Crippen molar-refractivity contribution in [3.8, 4) is 0 Å². The third kappa shape index (κ3) is 5.50. The lowest BCUT2D eigenvalue weighted by Gasteiger charge is -2.35. The molecule has 4 amide bonds. The van der Waals surface area contributed by atoms with Crippen molar-refractivity contribution in [2.24, 2.45) is 0 Å². The molecule has 1 aromatic rings. The number of hydrogen-bond donors (Lipinski definition) is 3. The number of ether oxygens (including phenoxy) is 1. The van der Waals surface area contributed by atoms with Crippen LogP contribution in [0, 0.1) is 0 Å². The summed E-state index contributed by atoms with van der Waals surface area (Å²) in [6.45, 7) is 2.35. The number of morpholine rings is 1. The highest BCUT2D eigenvalue weighted by Crippen LogP contribution is 2.32. The molecule has 3 N–H and O–H groups in total. The number of nitrogens with zero attached hydrogens (tertiary/aromatic N) is 2. The number of carbonyl (C=O) groups excluding carboxylic acids is 5. The molecule has 4 fully saturated rings. The van der Waals surface area contributed by atoms with Crippen LogP contribution in [-0.4, -0.2) is 89.3 Å². The number of likely N-dealkylation sites (N-methyl/N-ethyl adjacent to an activating group) is 1. The molecule has 11 nitrogen and oxygen atoms in total. The van der Waals surface area contributed by atoms with E-state index >= 15 is 0 Å². The molecule has 4 aliphatic heterocycles. The Kier molecular flexibility index (Phi) is 7.88. The smallest absolute Gasteiger partial charge is 0.329 e. The summed E-state index contributed by atoms with van der Waals surface area (Å²) >= 11 is 0. The predicted octanol–water partition coefficient (Wildman–Crippen LogP) is 0.469. The SMILES string of the molecule is CN[C@@H](C)C(=O)N[C@H]1CCCC[C@H]2CC[C@@H](C(=O)NCc3cccc(C(=O)N4C[C@H]5C[C@H]4C(=O)O5)c3)N2C1=O. The number of benzene rings is 1. The first kappa shape index (κ1) is 27.1. The van der Waals surface area contributed by atoms with Crippen molar-refractivity contribution in [1.82, 2.24) is 25.8 Å². The molecule has 0 aliphatic carbocycles. The Morgan fingerprint density at radius 3 is 2.64 bits per heavy atom. The Morgan fingerprint density at radius 1 is 1.10 bits per heavy atom. The van der Waals surface area contributed by atoms with E-state index in [0.29, 0.717) is 31.4 Å². The summed E-state index contributed by atoms with van der Waals surface area (Å²) in [6, 6.07) is 4.81. The third-order valence-corrected chi connectivity index (χ3v) is 8.50. The Morgan fingerprint density at radius 2 is 1.90 bits per heavy atom. The lowest BCUT2D eigenvalue weighted by molar-refractivity contribution is -0.149. The number of likely N-dealkylation sites (tertiary alicyclic amines) is 1. The van der Waals surface area contributed by atoms with Gasteiger partial charge in [-0.2, -0.15) is 0 Å². The van der Waals surface area contributed by atoms with Crippen LogP contribution in [0.5, 0.6) is 0 Å². The first-order chi connectivity index (χ1) is 18.8. The Bertz CT molecular complexity index is 1160. The molecule has 4 aliphatic rings. The Balaban J connectivity index is 1.22. The van der Waals surface area contributed by atoms with Crippen molar-refractivity contribution < 1.29 is 28.7 Å². The molecular weight excluding hydrogens is 502 g/mol. The van der Waals surface area contributed by atoms with Gasteiger partial charge in [-0.3, -0.25) is 19.2 Å². The molecule has 0 radical (unpaired) electrons. The monoisotopic (exact) mass is 539 g/mol. The van der Waals surface area contributed by atoms with Crippen LogP contribution in [0.15, 0.2) is 24.3 Å². The van der Waals surface area contributed by atoms with E-state index in [0.717, 1.165) is 31.2 Å². The van der Waals surface area contributed by atoms with E-state index in [9.17, 15) is 24.0 Å². The maximum Gasteiger partial charge on any atom is 0.329 e. The van der Waals surface area contributed by atoms with Crippen LogP contribution in [-0.2, 0) is 30.5 Å². The maximum absolute atomic E-state index is 13.6. The largest absolute Gasteiger partial charge is 0.459 e. The topological polar surface area (TPSA) is 137 Å². The lowest BCUT2D eigenvalue weighted by Crippen LogP contribution is -2.57. The molecule has 11 heteroatoms. The summed E-state index contributed by atoms with van der Waals surface area (Å²) in [4.78, 5) is 67.6. The van der Waals surface area contributed by atoms with Gasteiger partial charge >= 0.3 is 5.97 Å². The summed E-state index contributed by atoms with van der Waals surface area (Å²) in [5.41, 5.74) is 1.21. The van der Waals surface area contributed by atoms with Crippen molar-refractivity contribution >= 4 is 29.6 Å². The summed E-state index contributed by atoms with van der Waals surface area (Å²) < 4.78 is 5.18. The number of fused-ring (bicyclic) bond motifs is 3. The molecule has 0 saturated carbocycles. The maximum atomic E-state index is 13.6. The highest BCUT2D eigenvalue weighted by molar-refractivity contribution is 5.98. The first-order valence-electron chi connectivity index (χ1n) is 13.9. The van der Waals surface area contributed by atoms with Crippen molar-refractivity contribution in [2.45, 2.75) is 94.7 Å². The number of amides is 4. The molecule has 4 saturated heterocycles. The van der Waals surface area contributed by atoms with Crippen molar-refractivity contribution in [3.63, 3.8) is 0 Å². The molecule has 2 bridgehead atoms. The second kappa shape index (κ2) is 11.3. The second-order valence-electron chi connectivity index (χ2n) is 11.0. The predicted molar refractivity (Wildman–Crippen MR) is 140 cm³/mol. The third-order valence-electron chi connectivity index (χ3n) is 8.50. The molecule has 0 spiro atoms. The first-order valence-corrected chi connectivity index (χ1v) is 13.9. The molecular formula is C28H37N5O6. The van der Waals surface area contributed by atoms with Crippen LogP contribution in [0.1, 0.15) is 67.8 Å². The Hall–Kier alpha value is -3.47. The summed E-state index contributed by atoms with van der Waals surface area (Å²) in [6.07, 6.45) is 4.82. The molecule has 1 aromatic carbocycles. The van der Waals surface area contributed by atoms with E-state index < -0.39 is 24.2 Å². The zero-order valence-corrected chi connectivity index (χ0v) is 22.5. The normalized spacial score (nSPS) is 28.8. The minimum Gasteiger partial charge on any atom is -0.459 e.